The lowest BCUT2D eigenvalue weighted by atomic mass is 10.2. The fraction of sp³-hybridized carbons (Fsp3) is 0.667. The van der Waals surface area contributed by atoms with Crippen LogP contribution in [-0.2, 0) is 6.54 Å². The van der Waals surface area contributed by atoms with Crippen LogP contribution in [0.3, 0.4) is 0 Å². The van der Waals surface area contributed by atoms with Crippen LogP contribution in [0.15, 0.2) is 12.1 Å². The van der Waals surface area contributed by atoms with Gasteiger partial charge in [-0.05, 0) is 45.1 Å². The molecule has 0 saturated carbocycles. The Morgan fingerprint density at radius 3 is 3.00 bits per heavy atom. The third-order valence-corrected chi connectivity index (χ3v) is 4.37. The van der Waals surface area contributed by atoms with Gasteiger partial charge in [-0.15, -0.1) is 0 Å². The predicted molar refractivity (Wildman–Crippen MR) is 85.5 cm³/mol. The van der Waals surface area contributed by atoms with Crippen molar-refractivity contribution in [2.45, 2.75) is 32.4 Å². The number of pyridine rings is 1. The predicted octanol–water partition coefficient (Wildman–Crippen LogP) is 2.37. The van der Waals surface area contributed by atoms with Gasteiger partial charge in [-0.1, -0.05) is 18.5 Å². The average molecular weight is 297 g/mol. The van der Waals surface area contributed by atoms with Gasteiger partial charge < -0.3 is 10.2 Å². The minimum atomic E-state index is 0.648. The van der Waals surface area contributed by atoms with Crippen molar-refractivity contribution in [1.82, 2.24) is 15.2 Å². The van der Waals surface area contributed by atoms with Gasteiger partial charge in [-0.3, -0.25) is 4.90 Å². The van der Waals surface area contributed by atoms with E-state index in [0.717, 1.165) is 29.6 Å². The van der Waals surface area contributed by atoms with Crippen molar-refractivity contribution in [1.29, 1.82) is 0 Å². The van der Waals surface area contributed by atoms with Crippen LogP contribution in [-0.4, -0.2) is 49.7 Å². The normalized spacial score (nSPS) is 19.5. The number of likely N-dealkylation sites (N-methyl/N-ethyl adjacent to an activating group) is 2. The summed E-state index contributed by atoms with van der Waals surface area (Å²) in [6, 6.07) is 4.60. The zero-order chi connectivity index (χ0) is 14.5. The molecule has 5 heteroatoms. The summed E-state index contributed by atoms with van der Waals surface area (Å²) in [5, 5.41) is 3.84. The monoisotopic (exact) mass is 296 g/mol. The molecule has 1 aliphatic heterocycles. The number of nitrogens with zero attached hydrogens (tertiary/aromatic N) is 3. The van der Waals surface area contributed by atoms with E-state index in [1.54, 1.807) is 0 Å². The third kappa shape index (κ3) is 3.62. The molecule has 0 aromatic carbocycles. The summed E-state index contributed by atoms with van der Waals surface area (Å²) < 4.78 is 0. The summed E-state index contributed by atoms with van der Waals surface area (Å²) in [7, 11) is 4.03. The van der Waals surface area contributed by atoms with Crippen LogP contribution in [0.4, 0.5) is 5.82 Å². The molecule has 4 nitrogen and oxygen atoms in total. The lowest BCUT2D eigenvalue weighted by Gasteiger charge is -2.28. The minimum absolute atomic E-state index is 0.648. The molecule has 1 aliphatic rings. The molecule has 2 rings (SSSR count). The molecule has 1 N–H and O–H groups in total. The highest BCUT2D eigenvalue weighted by Crippen LogP contribution is 2.22. The van der Waals surface area contributed by atoms with Gasteiger partial charge in [-0.25, -0.2) is 4.98 Å². The summed E-state index contributed by atoms with van der Waals surface area (Å²) >= 11 is 6.17. The molecule has 1 aromatic heterocycles. The molecule has 0 radical (unpaired) electrons. The van der Waals surface area contributed by atoms with E-state index in [4.69, 9.17) is 11.6 Å². The number of nitrogens with one attached hydrogen (secondary N) is 1. The van der Waals surface area contributed by atoms with Gasteiger partial charge >= 0.3 is 0 Å². The second-order valence-electron chi connectivity index (χ2n) is 5.43. The Labute approximate surface area is 127 Å². The van der Waals surface area contributed by atoms with Crippen molar-refractivity contribution in [2.24, 2.45) is 0 Å². The highest BCUT2D eigenvalue weighted by Gasteiger charge is 2.24. The molecule has 0 spiro atoms. The van der Waals surface area contributed by atoms with Crippen LogP contribution in [0.2, 0.25) is 5.02 Å². The van der Waals surface area contributed by atoms with Gasteiger partial charge in [-0.2, -0.15) is 0 Å². The van der Waals surface area contributed by atoms with Crippen LogP contribution in [0.1, 0.15) is 25.5 Å². The van der Waals surface area contributed by atoms with Gasteiger partial charge in [0.05, 0.1) is 10.7 Å². The van der Waals surface area contributed by atoms with E-state index in [1.165, 1.54) is 19.4 Å². The Bertz CT molecular complexity index is 438. The van der Waals surface area contributed by atoms with Crippen molar-refractivity contribution in [3.05, 3.63) is 22.8 Å². The minimum Gasteiger partial charge on any atom is -0.358 e. The standard InChI is InChI=1S/C15H25ClN4/c1-4-20-9-5-6-12(20)11-19(3)15-8-7-13(16)14(18-15)10-17-2/h7-8,12,17H,4-6,9-11H2,1-3H3. The Morgan fingerprint density at radius 1 is 1.50 bits per heavy atom. The largest absolute Gasteiger partial charge is 0.358 e. The zero-order valence-corrected chi connectivity index (χ0v) is 13.5. The van der Waals surface area contributed by atoms with Crippen molar-refractivity contribution in [2.75, 3.05) is 38.6 Å². The SMILES string of the molecule is CCN1CCCC1CN(C)c1ccc(Cl)c(CNC)n1. The average Bonchev–Trinajstić information content (AvgIpc) is 2.88. The Balaban J connectivity index is 2.05. The van der Waals surface area contributed by atoms with Crippen LogP contribution in [0, 0.1) is 0 Å². The zero-order valence-electron chi connectivity index (χ0n) is 12.7. The Kier molecular flexibility index (Phi) is 5.64. The van der Waals surface area contributed by atoms with Crippen LogP contribution in [0.5, 0.6) is 0 Å². The Morgan fingerprint density at radius 2 is 2.30 bits per heavy atom. The first-order chi connectivity index (χ1) is 9.65. The maximum atomic E-state index is 6.17. The van der Waals surface area contributed by atoms with Gasteiger partial charge in [0.1, 0.15) is 5.82 Å². The molecule has 0 amide bonds. The lowest BCUT2D eigenvalue weighted by Crippen LogP contribution is -2.39. The molecule has 0 aliphatic carbocycles. The second-order valence-corrected chi connectivity index (χ2v) is 5.84. The molecule has 1 unspecified atom stereocenters. The molecule has 112 valence electrons. The number of hydrogen-bond donors (Lipinski definition) is 1. The summed E-state index contributed by atoms with van der Waals surface area (Å²) in [5.41, 5.74) is 0.914. The first-order valence-electron chi connectivity index (χ1n) is 7.41. The highest BCUT2D eigenvalue weighted by molar-refractivity contribution is 6.31. The maximum absolute atomic E-state index is 6.17. The number of rotatable bonds is 6. The molecule has 1 saturated heterocycles. The van der Waals surface area contributed by atoms with Crippen molar-refractivity contribution < 1.29 is 0 Å². The molecular weight excluding hydrogens is 272 g/mol. The number of halogens is 1. The van der Waals surface area contributed by atoms with Crippen molar-refractivity contribution in [3.63, 3.8) is 0 Å². The summed E-state index contributed by atoms with van der Waals surface area (Å²) in [5.74, 6) is 1.00. The van der Waals surface area contributed by atoms with Gasteiger partial charge in [0.15, 0.2) is 0 Å². The van der Waals surface area contributed by atoms with E-state index >= 15 is 0 Å². The topological polar surface area (TPSA) is 31.4 Å². The molecule has 2 heterocycles. The first kappa shape index (κ1) is 15.5. The van der Waals surface area contributed by atoms with E-state index in [2.05, 4.69) is 34.1 Å². The van der Waals surface area contributed by atoms with Crippen LogP contribution >= 0.6 is 11.6 Å². The number of hydrogen-bond acceptors (Lipinski definition) is 4. The quantitative estimate of drug-likeness (QED) is 0.873. The number of likely N-dealkylation sites (tertiary alicyclic amines) is 1. The molecule has 20 heavy (non-hydrogen) atoms. The van der Waals surface area contributed by atoms with E-state index in [-0.39, 0.29) is 0 Å². The van der Waals surface area contributed by atoms with Gasteiger partial charge in [0, 0.05) is 26.2 Å². The fourth-order valence-electron chi connectivity index (χ4n) is 2.90. The molecule has 0 bridgehead atoms. The van der Waals surface area contributed by atoms with Gasteiger partial charge in [0.25, 0.3) is 0 Å². The number of aromatic nitrogens is 1. The van der Waals surface area contributed by atoms with Crippen LogP contribution in [0.25, 0.3) is 0 Å². The smallest absolute Gasteiger partial charge is 0.128 e. The molecule has 1 atom stereocenters. The van der Waals surface area contributed by atoms with E-state index in [9.17, 15) is 0 Å². The molecular formula is C15H25ClN4. The van der Waals surface area contributed by atoms with Crippen molar-refractivity contribution in [3.8, 4) is 0 Å². The van der Waals surface area contributed by atoms with Crippen molar-refractivity contribution >= 4 is 17.4 Å². The van der Waals surface area contributed by atoms with E-state index in [1.807, 2.05) is 19.2 Å². The van der Waals surface area contributed by atoms with E-state index < -0.39 is 0 Å². The molecule has 1 aromatic rings. The van der Waals surface area contributed by atoms with Gasteiger partial charge in [0.2, 0.25) is 0 Å². The van der Waals surface area contributed by atoms with E-state index in [0.29, 0.717) is 12.6 Å². The molecule has 1 fully saturated rings. The maximum Gasteiger partial charge on any atom is 0.128 e. The number of anilines is 1. The highest BCUT2D eigenvalue weighted by atomic mass is 35.5. The first-order valence-corrected chi connectivity index (χ1v) is 7.78. The Hall–Kier alpha value is -0.840. The fourth-order valence-corrected chi connectivity index (χ4v) is 3.08. The van der Waals surface area contributed by atoms with Crippen LogP contribution < -0.4 is 10.2 Å². The lowest BCUT2D eigenvalue weighted by molar-refractivity contribution is 0.270. The summed E-state index contributed by atoms with van der Waals surface area (Å²) in [6.45, 7) is 6.34. The summed E-state index contributed by atoms with van der Waals surface area (Å²) in [4.78, 5) is 9.47. The third-order valence-electron chi connectivity index (χ3n) is 4.03. The second kappa shape index (κ2) is 7.25. The summed E-state index contributed by atoms with van der Waals surface area (Å²) in [6.07, 6.45) is 2.60.